The molecule has 0 saturated heterocycles. The Bertz CT molecular complexity index is 214. The molecule has 11 heavy (non-hydrogen) atoms. The zero-order chi connectivity index (χ0) is 8.10. The average Bonchev–Trinajstić information content (AvgIpc) is 2.39. The molecule has 1 aromatic heterocycles. The van der Waals surface area contributed by atoms with Gasteiger partial charge in [-0.3, -0.25) is 0 Å². The summed E-state index contributed by atoms with van der Waals surface area (Å²) in [5, 5.41) is 8.19. The van der Waals surface area contributed by atoms with Gasteiger partial charge in [-0.15, -0.1) is 0 Å². The molecule has 0 saturated carbocycles. The summed E-state index contributed by atoms with van der Waals surface area (Å²) in [5.74, 6) is -0.964. The van der Waals surface area contributed by atoms with Crippen molar-refractivity contribution in [1.82, 2.24) is 0 Å². The molecule has 1 heterocycles. The van der Waals surface area contributed by atoms with Crippen LogP contribution in [0.15, 0.2) is 23.0 Å². The third kappa shape index (κ3) is 2.86. The van der Waals surface area contributed by atoms with Crippen LogP contribution in [0.3, 0.4) is 0 Å². The minimum Gasteiger partial charge on any atom is -0.480 e. The van der Waals surface area contributed by atoms with Gasteiger partial charge in [-0.1, -0.05) is 0 Å². The maximum atomic E-state index is 9.98. The van der Waals surface area contributed by atoms with Crippen molar-refractivity contribution in [2.45, 2.75) is 6.61 Å². The van der Waals surface area contributed by atoms with Gasteiger partial charge in [0.2, 0.25) is 0 Å². The van der Waals surface area contributed by atoms with E-state index in [1.165, 1.54) is 12.5 Å². The van der Waals surface area contributed by atoms with Crippen molar-refractivity contribution < 1.29 is 19.1 Å². The summed E-state index contributed by atoms with van der Waals surface area (Å²) < 4.78 is 9.52. The molecule has 0 aliphatic rings. The molecule has 60 valence electrons. The summed E-state index contributed by atoms with van der Waals surface area (Å²) in [6, 6.07) is 1.72. The molecule has 0 atom stereocenters. The molecule has 0 fully saturated rings. The van der Waals surface area contributed by atoms with Crippen molar-refractivity contribution in [3.63, 3.8) is 0 Å². The monoisotopic (exact) mass is 156 g/mol. The molecule has 0 spiro atoms. The van der Waals surface area contributed by atoms with Crippen molar-refractivity contribution in [1.29, 1.82) is 0 Å². The van der Waals surface area contributed by atoms with Crippen molar-refractivity contribution in [2.75, 3.05) is 6.61 Å². The van der Waals surface area contributed by atoms with Gasteiger partial charge in [-0.25, -0.2) is 4.79 Å². The average molecular weight is 156 g/mol. The fourth-order valence-electron chi connectivity index (χ4n) is 0.631. The van der Waals surface area contributed by atoms with Crippen LogP contribution in [0.25, 0.3) is 0 Å². The Morgan fingerprint density at radius 1 is 1.73 bits per heavy atom. The quantitative estimate of drug-likeness (QED) is 0.702. The fraction of sp³-hybridized carbons (Fsp3) is 0.286. The molecule has 4 nitrogen and oxygen atoms in total. The van der Waals surface area contributed by atoms with Gasteiger partial charge in [-0.05, 0) is 6.07 Å². The summed E-state index contributed by atoms with van der Waals surface area (Å²) in [5.41, 5.74) is 0.839. The van der Waals surface area contributed by atoms with E-state index in [0.717, 1.165) is 5.56 Å². The Hall–Kier alpha value is -1.29. The lowest BCUT2D eigenvalue weighted by Crippen LogP contribution is -2.06. The van der Waals surface area contributed by atoms with Crippen molar-refractivity contribution in [3.8, 4) is 0 Å². The molecule has 0 unspecified atom stereocenters. The van der Waals surface area contributed by atoms with Crippen LogP contribution in [0.5, 0.6) is 0 Å². The summed E-state index contributed by atoms with van der Waals surface area (Å²) in [6.07, 6.45) is 3.03. The van der Waals surface area contributed by atoms with E-state index in [1.54, 1.807) is 6.07 Å². The van der Waals surface area contributed by atoms with Crippen LogP contribution in [-0.2, 0) is 16.1 Å². The topological polar surface area (TPSA) is 59.7 Å². The van der Waals surface area contributed by atoms with E-state index in [0.29, 0.717) is 0 Å². The van der Waals surface area contributed by atoms with Gasteiger partial charge in [0.1, 0.15) is 6.61 Å². The molecule has 0 aliphatic carbocycles. The zero-order valence-electron chi connectivity index (χ0n) is 5.82. The van der Waals surface area contributed by atoms with E-state index < -0.39 is 5.97 Å². The second kappa shape index (κ2) is 3.78. The third-order valence-electron chi connectivity index (χ3n) is 1.07. The van der Waals surface area contributed by atoms with Crippen LogP contribution in [0.4, 0.5) is 0 Å². The lowest BCUT2D eigenvalue weighted by Gasteiger charge is -1.95. The molecular weight excluding hydrogens is 148 g/mol. The van der Waals surface area contributed by atoms with Gasteiger partial charge in [0.25, 0.3) is 0 Å². The van der Waals surface area contributed by atoms with Gasteiger partial charge in [0, 0.05) is 5.56 Å². The molecule has 0 aromatic carbocycles. The number of rotatable bonds is 4. The van der Waals surface area contributed by atoms with Crippen LogP contribution >= 0.6 is 0 Å². The van der Waals surface area contributed by atoms with Gasteiger partial charge in [-0.2, -0.15) is 0 Å². The normalized spacial score (nSPS) is 9.82. The first-order valence-corrected chi connectivity index (χ1v) is 3.09. The highest BCUT2D eigenvalue weighted by Gasteiger charge is 1.97. The number of carboxylic acid groups (broad SMARTS) is 1. The summed E-state index contributed by atoms with van der Waals surface area (Å²) in [6.45, 7) is 0.00792. The van der Waals surface area contributed by atoms with E-state index in [1.807, 2.05) is 0 Å². The minimum absolute atomic E-state index is 0.273. The first-order valence-electron chi connectivity index (χ1n) is 3.09. The number of carboxylic acids is 1. The predicted octanol–water partition coefficient (Wildman–Crippen LogP) is 0.881. The number of hydrogen-bond acceptors (Lipinski definition) is 3. The molecule has 0 amide bonds. The second-order valence-electron chi connectivity index (χ2n) is 2.02. The first kappa shape index (κ1) is 7.81. The molecule has 4 heteroatoms. The number of ether oxygens (including phenoxy) is 1. The van der Waals surface area contributed by atoms with E-state index in [4.69, 9.17) is 14.3 Å². The second-order valence-corrected chi connectivity index (χ2v) is 2.02. The lowest BCUT2D eigenvalue weighted by molar-refractivity contribution is -0.142. The van der Waals surface area contributed by atoms with Gasteiger partial charge in [0.05, 0.1) is 19.1 Å². The molecule has 1 aromatic rings. The highest BCUT2D eigenvalue weighted by Crippen LogP contribution is 2.00. The van der Waals surface area contributed by atoms with Crippen molar-refractivity contribution >= 4 is 5.97 Å². The van der Waals surface area contributed by atoms with Gasteiger partial charge >= 0.3 is 5.97 Å². The maximum Gasteiger partial charge on any atom is 0.329 e. The highest BCUT2D eigenvalue weighted by atomic mass is 16.5. The number of aliphatic carboxylic acids is 1. The summed E-state index contributed by atoms with van der Waals surface area (Å²) in [4.78, 5) is 9.98. The van der Waals surface area contributed by atoms with E-state index in [2.05, 4.69) is 0 Å². The smallest absolute Gasteiger partial charge is 0.329 e. The van der Waals surface area contributed by atoms with Crippen molar-refractivity contribution in [2.24, 2.45) is 0 Å². The van der Waals surface area contributed by atoms with Gasteiger partial charge in [0.15, 0.2) is 0 Å². The van der Waals surface area contributed by atoms with Crippen LogP contribution in [-0.4, -0.2) is 17.7 Å². The van der Waals surface area contributed by atoms with E-state index in [9.17, 15) is 4.79 Å². The number of hydrogen-bond donors (Lipinski definition) is 1. The maximum absolute atomic E-state index is 9.98. The van der Waals surface area contributed by atoms with E-state index >= 15 is 0 Å². The fourth-order valence-corrected chi connectivity index (χ4v) is 0.631. The zero-order valence-corrected chi connectivity index (χ0v) is 5.82. The molecule has 0 radical (unpaired) electrons. The Morgan fingerprint density at radius 2 is 2.55 bits per heavy atom. The Labute approximate surface area is 63.4 Å². The van der Waals surface area contributed by atoms with Crippen LogP contribution in [0, 0.1) is 0 Å². The minimum atomic E-state index is -0.964. The first-order chi connectivity index (χ1) is 5.29. The largest absolute Gasteiger partial charge is 0.480 e. The molecule has 1 N–H and O–H groups in total. The standard InChI is InChI=1S/C7H8O4/c8-7(9)5-11-4-6-1-2-10-3-6/h1-3H,4-5H2,(H,8,9). The predicted molar refractivity (Wildman–Crippen MR) is 36.0 cm³/mol. The van der Waals surface area contributed by atoms with Crippen LogP contribution < -0.4 is 0 Å². The lowest BCUT2D eigenvalue weighted by atomic mass is 10.4. The van der Waals surface area contributed by atoms with Gasteiger partial charge < -0.3 is 14.3 Å². The Balaban J connectivity index is 2.19. The molecular formula is C7H8O4. The van der Waals surface area contributed by atoms with Crippen molar-refractivity contribution in [3.05, 3.63) is 24.2 Å². The summed E-state index contributed by atoms with van der Waals surface area (Å²) in [7, 11) is 0. The number of furan rings is 1. The van der Waals surface area contributed by atoms with Crippen LogP contribution in [0.1, 0.15) is 5.56 Å². The Morgan fingerprint density at radius 3 is 3.09 bits per heavy atom. The summed E-state index contributed by atoms with van der Waals surface area (Å²) >= 11 is 0. The molecule has 1 rings (SSSR count). The number of carbonyl (C=O) groups is 1. The highest BCUT2D eigenvalue weighted by molar-refractivity contribution is 5.67. The van der Waals surface area contributed by atoms with E-state index in [-0.39, 0.29) is 13.2 Å². The molecule has 0 bridgehead atoms. The van der Waals surface area contributed by atoms with Crippen LogP contribution in [0.2, 0.25) is 0 Å². The third-order valence-corrected chi connectivity index (χ3v) is 1.07. The SMILES string of the molecule is O=C(O)COCc1ccoc1. The molecule has 0 aliphatic heterocycles. The Kier molecular flexibility index (Phi) is 2.68.